The molecule has 0 atom stereocenters. The summed E-state index contributed by atoms with van der Waals surface area (Å²) in [4.78, 5) is 38.2. The molecule has 1 N–H and O–H groups in total. The quantitative estimate of drug-likeness (QED) is 0.503. The minimum atomic E-state index is -0.769. The number of rotatable bonds is 5. The Morgan fingerprint density at radius 2 is 1.85 bits per heavy atom. The van der Waals surface area contributed by atoms with Crippen LogP contribution in [0.2, 0.25) is 0 Å². The molecule has 0 aromatic heterocycles. The van der Waals surface area contributed by atoms with Crippen molar-refractivity contribution in [3.05, 3.63) is 77.9 Å². The Morgan fingerprint density at radius 1 is 1.11 bits per heavy atom. The third kappa shape index (κ3) is 3.95. The molecular formula is C21H18N2O4. The summed E-state index contributed by atoms with van der Waals surface area (Å²) in [7, 11) is 0. The van der Waals surface area contributed by atoms with Crippen molar-refractivity contribution in [1.82, 2.24) is 5.32 Å². The Labute approximate surface area is 156 Å². The number of imide groups is 2. The lowest BCUT2D eigenvalue weighted by molar-refractivity contribution is -0.122. The summed E-state index contributed by atoms with van der Waals surface area (Å²) in [5.74, 6) is -0.824. The molecule has 136 valence electrons. The van der Waals surface area contributed by atoms with Gasteiger partial charge in [-0.3, -0.25) is 14.9 Å². The van der Waals surface area contributed by atoms with E-state index in [2.05, 4.69) is 11.9 Å². The lowest BCUT2D eigenvalue weighted by Crippen LogP contribution is -2.54. The molecule has 0 radical (unpaired) electrons. The van der Waals surface area contributed by atoms with E-state index >= 15 is 0 Å². The maximum atomic E-state index is 12.8. The molecule has 0 unspecified atom stereocenters. The van der Waals surface area contributed by atoms with Gasteiger partial charge in [-0.25, -0.2) is 9.69 Å². The summed E-state index contributed by atoms with van der Waals surface area (Å²) in [6, 6.07) is 13.1. The number of nitrogens with one attached hydrogen (secondary N) is 1. The normalized spacial score (nSPS) is 15.7. The van der Waals surface area contributed by atoms with Crippen molar-refractivity contribution in [1.29, 1.82) is 0 Å². The highest BCUT2D eigenvalue weighted by atomic mass is 16.5. The number of benzene rings is 2. The Kier molecular flexibility index (Phi) is 5.17. The second kappa shape index (κ2) is 7.70. The van der Waals surface area contributed by atoms with Gasteiger partial charge in [-0.2, -0.15) is 0 Å². The molecule has 4 amide bonds. The van der Waals surface area contributed by atoms with Crippen molar-refractivity contribution in [3.8, 4) is 5.75 Å². The number of amides is 4. The highest BCUT2D eigenvalue weighted by molar-refractivity contribution is 6.39. The van der Waals surface area contributed by atoms with Crippen molar-refractivity contribution in [2.75, 3.05) is 11.5 Å². The molecule has 27 heavy (non-hydrogen) atoms. The molecule has 1 aliphatic rings. The number of barbiturate groups is 1. The third-order valence-corrected chi connectivity index (χ3v) is 3.93. The fourth-order valence-corrected chi connectivity index (χ4v) is 2.60. The minimum Gasteiger partial charge on any atom is -0.490 e. The SMILES string of the molecule is C=CCOc1cccc(/C=C2/C(=O)NC(=O)N(c3ccc(C)cc3)C2=O)c1. The Bertz CT molecular complexity index is 945. The van der Waals surface area contributed by atoms with Crippen molar-refractivity contribution < 1.29 is 19.1 Å². The average molecular weight is 362 g/mol. The van der Waals surface area contributed by atoms with Crippen LogP contribution in [0.15, 0.2) is 66.8 Å². The maximum absolute atomic E-state index is 12.8. The molecule has 2 aromatic rings. The van der Waals surface area contributed by atoms with E-state index in [1.165, 1.54) is 6.08 Å². The summed E-state index contributed by atoms with van der Waals surface area (Å²) >= 11 is 0. The predicted molar refractivity (Wildman–Crippen MR) is 102 cm³/mol. The summed E-state index contributed by atoms with van der Waals surface area (Å²) in [6.45, 7) is 5.83. The van der Waals surface area contributed by atoms with Crippen LogP contribution in [0.1, 0.15) is 11.1 Å². The average Bonchev–Trinajstić information content (AvgIpc) is 2.65. The first-order valence-corrected chi connectivity index (χ1v) is 8.31. The molecule has 6 heteroatoms. The molecule has 1 fully saturated rings. The standard InChI is InChI=1S/C21H18N2O4/c1-3-11-27-17-6-4-5-15(12-17)13-18-19(24)22-21(26)23(20(18)25)16-9-7-14(2)8-10-16/h3-10,12-13H,1,11H2,2H3,(H,22,24,26)/b18-13-. The molecule has 0 spiro atoms. The number of hydrogen-bond acceptors (Lipinski definition) is 4. The fourth-order valence-electron chi connectivity index (χ4n) is 2.60. The van der Waals surface area contributed by atoms with Gasteiger partial charge in [0.25, 0.3) is 11.8 Å². The van der Waals surface area contributed by atoms with E-state index in [4.69, 9.17) is 4.74 Å². The molecule has 2 aromatic carbocycles. The molecular weight excluding hydrogens is 344 g/mol. The largest absolute Gasteiger partial charge is 0.490 e. The van der Waals surface area contributed by atoms with Crippen LogP contribution in [0.5, 0.6) is 5.75 Å². The summed E-state index contributed by atoms with van der Waals surface area (Å²) < 4.78 is 5.46. The topological polar surface area (TPSA) is 75.7 Å². The van der Waals surface area contributed by atoms with Crippen LogP contribution in [0.3, 0.4) is 0 Å². The van der Waals surface area contributed by atoms with Gasteiger partial charge in [-0.15, -0.1) is 0 Å². The Balaban J connectivity index is 1.94. The zero-order valence-corrected chi connectivity index (χ0v) is 14.8. The van der Waals surface area contributed by atoms with Gasteiger partial charge in [0, 0.05) is 0 Å². The highest BCUT2D eigenvalue weighted by Gasteiger charge is 2.36. The molecule has 6 nitrogen and oxygen atoms in total. The van der Waals surface area contributed by atoms with Gasteiger partial charge in [-0.1, -0.05) is 42.5 Å². The van der Waals surface area contributed by atoms with Gasteiger partial charge in [-0.05, 0) is 42.8 Å². The molecule has 1 aliphatic heterocycles. The van der Waals surface area contributed by atoms with Crippen molar-refractivity contribution in [2.45, 2.75) is 6.92 Å². The van der Waals surface area contributed by atoms with Crippen molar-refractivity contribution in [2.24, 2.45) is 0 Å². The zero-order chi connectivity index (χ0) is 19.4. The number of ether oxygens (including phenoxy) is 1. The number of carbonyl (C=O) groups excluding carboxylic acids is 3. The number of urea groups is 1. The lowest BCUT2D eigenvalue weighted by atomic mass is 10.1. The van der Waals surface area contributed by atoms with Crippen molar-refractivity contribution >= 4 is 29.6 Å². The predicted octanol–water partition coefficient (Wildman–Crippen LogP) is 3.23. The first-order chi connectivity index (χ1) is 13.0. The monoisotopic (exact) mass is 362 g/mol. The number of anilines is 1. The van der Waals surface area contributed by atoms with Gasteiger partial charge in [0.05, 0.1) is 5.69 Å². The van der Waals surface area contributed by atoms with E-state index in [0.29, 0.717) is 23.6 Å². The van der Waals surface area contributed by atoms with Crippen LogP contribution >= 0.6 is 0 Å². The second-order valence-corrected chi connectivity index (χ2v) is 5.97. The van der Waals surface area contributed by atoms with E-state index in [0.717, 1.165) is 10.5 Å². The van der Waals surface area contributed by atoms with Crippen molar-refractivity contribution in [3.63, 3.8) is 0 Å². The van der Waals surface area contributed by atoms with Gasteiger partial charge in [0.15, 0.2) is 0 Å². The molecule has 1 heterocycles. The molecule has 0 aliphatic carbocycles. The number of aryl methyl sites for hydroxylation is 1. The molecule has 0 saturated carbocycles. The zero-order valence-electron chi connectivity index (χ0n) is 14.8. The van der Waals surface area contributed by atoms with Gasteiger partial charge in [0.2, 0.25) is 0 Å². The van der Waals surface area contributed by atoms with Gasteiger partial charge in [0.1, 0.15) is 17.9 Å². The van der Waals surface area contributed by atoms with E-state index in [-0.39, 0.29) is 5.57 Å². The van der Waals surface area contributed by atoms with E-state index < -0.39 is 17.8 Å². The van der Waals surface area contributed by atoms with E-state index in [9.17, 15) is 14.4 Å². The first-order valence-electron chi connectivity index (χ1n) is 8.31. The maximum Gasteiger partial charge on any atom is 0.335 e. The summed E-state index contributed by atoms with van der Waals surface area (Å²) in [6.07, 6.45) is 3.06. The fraction of sp³-hybridized carbons (Fsp3) is 0.0952. The molecule has 0 bridgehead atoms. The minimum absolute atomic E-state index is 0.129. The molecule has 3 rings (SSSR count). The van der Waals surface area contributed by atoms with Crippen LogP contribution in [0.25, 0.3) is 6.08 Å². The summed E-state index contributed by atoms with van der Waals surface area (Å²) in [5.41, 5.74) is 1.86. The second-order valence-electron chi connectivity index (χ2n) is 5.97. The smallest absolute Gasteiger partial charge is 0.335 e. The van der Waals surface area contributed by atoms with E-state index in [1.807, 2.05) is 6.92 Å². The van der Waals surface area contributed by atoms with Gasteiger partial charge < -0.3 is 4.74 Å². The number of hydrogen-bond donors (Lipinski definition) is 1. The highest BCUT2D eigenvalue weighted by Crippen LogP contribution is 2.23. The Hall–Kier alpha value is -3.67. The van der Waals surface area contributed by atoms with Crippen LogP contribution in [0.4, 0.5) is 10.5 Å². The number of carbonyl (C=O) groups is 3. The van der Waals surface area contributed by atoms with Crippen LogP contribution in [0, 0.1) is 6.92 Å². The van der Waals surface area contributed by atoms with Crippen LogP contribution in [-0.2, 0) is 9.59 Å². The Morgan fingerprint density at radius 3 is 2.56 bits per heavy atom. The third-order valence-electron chi connectivity index (χ3n) is 3.93. The van der Waals surface area contributed by atoms with E-state index in [1.54, 1.807) is 54.6 Å². The van der Waals surface area contributed by atoms with Gasteiger partial charge >= 0.3 is 6.03 Å². The number of nitrogens with zero attached hydrogens (tertiary/aromatic N) is 1. The first kappa shape index (κ1) is 18.1. The van der Waals surface area contributed by atoms with Crippen LogP contribution < -0.4 is 15.0 Å². The van der Waals surface area contributed by atoms with Crippen LogP contribution in [-0.4, -0.2) is 24.5 Å². The lowest BCUT2D eigenvalue weighted by Gasteiger charge is -2.26. The molecule has 1 saturated heterocycles. The summed E-state index contributed by atoms with van der Waals surface area (Å²) in [5, 5.41) is 2.21.